The second kappa shape index (κ2) is 11.5. The molecular formula is C24H27ClN6O2. The van der Waals surface area contributed by atoms with Crippen LogP contribution in [0, 0.1) is 18.3 Å². The Morgan fingerprint density at radius 2 is 1.91 bits per heavy atom. The van der Waals surface area contributed by atoms with Crippen molar-refractivity contribution in [3.8, 4) is 11.8 Å². The standard InChI is InChI=1S/C24H27ClN6O2/c1-17-4-9-21(25)22(12-17)31(11-10-26)24-13-23(27-16-28-24)29-18-5-7-20(8-6-18)33-15-19(32)14-30(2)3/h4-9,12-13,16,19,32H,11,14-15H2,1-3H3,(H,27,28,29)/t19-/m0/s1. The van der Waals surface area contributed by atoms with E-state index >= 15 is 0 Å². The van der Waals surface area contributed by atoms with Gasteiger partial charge < -0.3 is 25.0 Å². The molecule has 0 aliphatic heterocycles. The summed E-state index contributed by atoms with van der Waals surface area (Å²) in [5.41, 5.74) is 2.54. The van der Waals surface area contributed by atoms with Crippen molar-refractivity contribution in [1.82, 2.24) is 14.9 Å². The summed E-state index contributed by atoms with van der Waals surface area (Å²) in [6, 6.07) is 16.9. The van der Waals surface area contributed by atoms with Crippen LogP contribution in [0.5, 0.6) is 5.75 Å². The summed E-state index contributed by atoms with van der Waals surface area (Å²) in [6.07, 6.45) is 0.880. The second-order valence-corrected chi connectivity index (χ2v) is 8.24. The first-order valence-corrected chi connectivity index (χ1v) is 10.8. The third-order valence-corrected chi connectivity index (χ3v) is 5.02. The number of aryl methyl sites for hydroxylation is 1. The smallest absolute Gasteiger partial charge is 0.139 e. The zero-order chi connectivity index (χ0) is 23.8. The van der Waals surface area contributed by atoms with E-state index in [0.29, 0.717) is 34.6 Å². The van der Waals surface area contributed by atoms with Gasteiger partial charge in [0.2, 0.25) is 0 Å². The lowest BCUT2D eigenvalue weighted by molar-refractivity contribution is 0.0831. The Labute approximate surface area is 199 Å². The van der Waals surface area contributed by atoms with Crippen molar-refractivity contribution >= 4 is 34.6 Å². The van der Waals surface area contributed by atoms with Crippen LogP contribution in [0.25, 0.3) is 0 Å². The molecule has 0 saturated heterocycles. The molecule has 3 rings (SSSR count). The first-order valence-electron chi connectivity index (χ1n) is 10.4. The summed E-state index contributed by atoms with van der Waals surface area (Å²) < 4.78 is 5.64. The molecule has 0 bridgehead atoms. The number of halogens is 1. The SMILES string of the molecule is Cc1ccc(Cl)c(N(CC#N)c2cc(Nc3ccc(OC[C@@H](O)CN(C)C)cc3)ncn2)c1. The minimum absolute atomic E-state index is 0.0886. The molecule has 0 spiro atoms. The molecule has 33 heavy (non-hydrogen) atoms. The number of rotatable bonds is 10. The first kappa shape index (κ1) is 24.3. The highest BCUT2D eigenvalue weighted by Gasteiger charge is 2.15. The van der Waals surface area contributed by atoms with Crippen molar-refractivity contribution < 1.29 is 9.84 Å². The minimum atomic E-state index is -0.560. The van der Waals surface area contributed by atoms with E-state index in [9.17, 15) is 10.4 Å². The van der Waals surface area contributed by atoms with Crippen molar-refractivity contribution in [2.75, 3.05) is 44.0 Å². The van der Waals surface area contributed by atoms with E-state index in [1.54, 1.807) is 17.0 Å². The summed E-state index contributed by atoms with van der Waals surface area (Å²) in [5, 5.41) is 23.0. The number of ether oxygens (including phenoxy) is 1. The number of hydrogen-bond donors (Lipinski definition) is 2. The average Bonchev–Trinajstić information content (AvgIpc) is 2.78. The van der Waals surface area contributed by atoms with Gasteiger partial charge in [0, 0.05) is 18.3 Å². The summed E-state index contributed by atoms with van der Waals surface area (Å²) >= 11 is 6.39. The van der Waals surface area contributed by atoms with Gasteiger partial charge in [-0.05, 0) is 63.0 Å². The Hall–Kier alpha value is -3.38. The van der Waals surface area contributed by atoms with E-state index in [4.69, 9.17) is 16.3 Å². The van der Waals surface area contributed by atoms with Crippen molar-refractivity contribution in [2.24, 2.45) is 0 Å². The summed E-state index contributed by atoms with van der Waals surface area (Å²) in [5.74, 6) is 1.79. The summed E-state index contributed by atoms with van der Waals surface area (Å²) in [6.45, 7) is 2.81. The predicted molar refractivity (Wildman–Crippen MR) is 131 cm³/mol. The van der Waals surface area contributed by atoms with E-state index in [2.05, 4.69) is 21.4 Å². The number of aromatic nitrogens is 2. The van der Waals surface area contributed by atoms with Crippen LogP contribution in [-0.2, 0) is 0 Å². The Kier molecular flexibility index (Phi) is 8.44. The number of anilines is 4. The summed E-state index contributed by atoms with van der Waals surface area (Å²) in [7, 11) is 3.80. The topological polar surface area (TPSA) is 97.5 Å². The molecule has 0 fully saturated rings. The largest absolute Gasteiger partial charge is 0.491 e. The number of aliphatic hydroxyl groups excluding tert-OH is 1. The zero-order valence-corrected chi connectivity index (χ0v) is 19.6. The van der Waals surface area contributed by atoms with Gasteiger partial charge in [-0.3, -0.25) is 0 Å². The van der Waals surface area contributed by atoms with Gasteiger partial charge in [-0.25, -0.2) is 9.97 Å². The third-order valence-electron chi connectivity index (χ3n) is 4.70. The predicted octanol–water partition coefficient (Wildman–Crippen LogP) is 4.15. The molecule has 0 unspecified atom stereocenters. The molecule has 0 aliphatic carbocycles. The number of nitriles is 1. The fourth-order valence-electron chi connectivity index (χ4n) is 3.20. The van der Waals surface area contributed by atoms with Crippen LogP contribution in [0.1, 0.15) is 5.56 Å². The van der Waals surface area contributed by atoms with Gasteiger partial charge in [-0.2, -0.15) is 5.26 Å². The Morgan fingerprint density at radius 3 is 2.61 bits per heavy atom. The number of nitrogens with one attached hydrogen (secondary N) is 1. The molecule has 9 heteroatoms. The lowest BCUT2D eigenvalue weighted by Crippen LogP contribution is -2.30. The number of benzene rings is 2. The Bertz CT molecular complexity index is 1100. The van der Waals surface area contributed by atoms with Crippen molar-refractivity contribution in [3.63, 3.8) is 0 Å². The normalized spacial score (nSPS) is 11.7. The van der Waals surface area contributed by atoms with Crippen LogP contribution in [0.2, 0.25) is 5.02 Å². The second-order valence-electron chi connectivity index (χ2n) is 7.84. The molecule has 3 aromatic rings. The third kappa shape index (κ3) is 7.05. The van der Waals surface area contributed by atoms with Crippen molar-refractivity contribution in [3.05, 3.63) is 65.4 Å². The monoisotopic (exact) mass is 466 g/mol. The highest BCUT2D eigenvalue weighted by atomic mass is 35.5. The van der Waals surface area contributed by atoms with Crippen LogP contribution in [0.3, 0.4) is 0 Å². The maximum Gasteiger partial charge on any atom is 0.139 e. The number of likely N-dealkylation sites (N-methyl/N-ethyl adjacent to an activating group) is 1. The van der Waals surface area contributed by atoms with Crippen molar-refractivity contribution in [1.29, 1.82) is 5.26 Å². The van der Waals surface area contributed by atoms with Gasteiger partial charge in [0.1, 0.15) is 43.0 Å². The Morgan fingerprint density at radius 1 is 1.15 bits per heavy atom. The molecule has 172 valence electrons. The lowest BCUT2D eigenvalue weighted by Gasteiger charge is -2.22. The van der Waals surface area contributed by atoms with Crippen LogP contribution in [0.4, 0.5) is 23.0 Å². The molecule has 1 atom stereocenters. The number of hydrogen-bond acceptors (Lipinski definition) is 8. The zero-order valence-electron chi connectivity index (χ0n) is 18.9. The van der Waals surface area contributed by atoms with E-state index in [0.717, 1.165) is 11.3 Å². The van der Waals surface area contributed by atoms with Gasteiger partial charge in [-0.1, -0.05) is 17.7 Å². The maximum absolute atomic E-state index is 9.93. The van der Waals surface area contributed by atoms with Gasteiger partial charge in [-0.15, -0.1) is 0 Å². The van der Waals surface area contributed by atoms with Crippen molar-refractivity contribution in [2.45, 2.75) is 13.0 Å². The minimum Gasteiger partial charge on any atom is -0.491 e. The molecule has 0 amide bonds. The highest BCUT2D eigenvalue weighted by molar-refractivity contribution is 6.33. The van der Waals surface area contributed by atoms with Gasteiger partial charge in [0.15, 0.2) is 0 Å². The quantitative estimate of drug-likeness (QED) is 0.430. The molecule has 2 N–H and O–H groups in total. The van der Waals surface area contributed by atoms with Crippen LogP contribution in [-0.4, -0.2) is 59.9 Å². The molecule has 1 heterocycles. The fourth-order valence-corrected chi connectivity index (χ4v) is 3.42. The van der Waals surface area contributed by atoms with Crippen LogP contribution in [0.15, 0.2) is 54.9 Å². The van der Waals surface area contributed by atoms with E-state index in [1.165, 1.54) is 6.33 Å². The van der Waals surface area contributed by atoms with Crippen LogP contribution >= 0.6 is 11.6 Å². The molecule has 0 saturated carbocycles. The average molecular weight is 467 g/mol. The molecule has 2 aromatic carbocycles. The lowest BCUT2D eigenvalue weighted by atomic mass is 10.2. The maximum atomic E-state index is 9.93. The molecule has 0 aliphatic rings. The van der Waals surface area contributed by atoms with E-state index in [1.807, 2.05) is 62.3 Å². The molecule has 8 nitrogen and oxygen atoms in total. The van der Waals surface area contributed by atoms with Crippen LogP contribution < -0.4 is 15.0 Å². The molecule has 0 radical (unpaired) electrons. The van der Waals surface area contributed by atoms with E-state index in [-0.39, 0.29) is 13.2 Å². The van der Waals surface area contributed by atoms with Gasteiger partial charge in [0.25, 0.3) is 0 Å². The van der Waals surface area contributed by atoms with Gasteiger partial charge in [0.05, 0.1) is 16.8 Å². The van der Waals surface area contributed by atoms with Gasteiger partial charge >= 0.3 is 0 Å². The fraction of sp³-hybridized carbons (Fsp3) is 0.292. The molecule has 1 aromatic heterocycles. The number of aliphatic hydroxyl groups is 1. The highest BCUT2D eigenvalue weighted by Crippen LogP contribution is 2.32. The summed E-state index contributed by atoms with van der Waals surface area (Å²) in [4.78, 5) is 12.3. The Balaban J connectivity index is 1.71. The first-order chi connectivity index (χ1) is 15.9. The number of nitrogens with zero attached hydrogens (tertiary/aromatic N) is 5. The van der Waals surface area contributed by atoms with E-state index < -0.39 is 6.10 Å². The molecular weight excluding hydrogens is 440 g/mol.